The number of aliphatic hydroxyl groups excluding tert-OH is 1. The minimum Gasteiger partial charge on any atom is -0.497 e. The van der Waals surface area contributed by atoms with Crippen molar-refractivity contribution in [3.05, 3.63) is 76.9 Å². The van der Waals surface area contributed by atoms with Crippen LogP contribution in [-0.4, -0.2) is 61.9 Å². The van der Waals surface area contributed by atoms with E-state index >= 15 is 0 Å². The van der Waals surface area contributed by atoms with Gasteiger partial charge in [0.15, 0.2) is 18.1 Å². The number of methoxy groups -OCH3 is 1. The zero-order chi connectivity index (χ0) is 33.6. The van der Waals surface area contributed by atoms with Crippen LogP contribution >= 0.6 is 0 Å². The number of nitrogens with one attached hydrogen (secondary N) is 2. The molecule has 3 aromatic rings. The number of anilines is 2. The number of benzene rings is 3. The lowest BCUT2D eigenvalue weighted by atomic mass is 10.1. The summed E-state index contributed by atoms with van der Waals surface area (Å²) in [7, 11) is 1.51. The molecule has 0 aliphatic carbocycles. The molecule has 246 valence electrons. The van der Waals surface area contributed by atoms with E-state index in [2.05, 4.69) is 15.6 Å². The Morgan fingerprint density at radius 1 is 0.978 bits per heavy atom. The Morgan fingerprint density at radius 3 is 2.33 bits per heavy atom. The van der Waals surface area contributed by atoms with Gasteiger partial charge in [0.25, 0.3) is 5.91 Å². The third-order valence-corrected chi connectivity index (χ3v) is 6.24. The van der Waals surface area contributed by atoms with Crippen molar-refractivity contribution in [2.45, 2.75) is 47.0 Å². The van der Waals surface area contributed by atoms with Crippen LogP contribution in [0.15, 0.2) is 59.6 Å². The highest BCUT2D eigenvalue weighted by atomic mass is 16.6. The quantitative estimate of drug-likeness (QED) is 0.104. The van der Waals surface area contributed by atoms with Crippen molar-refractivity contribution in [1.29, 1.82) is 0 Å². The number of ether oxygens (including phenoxy) is 5. The number of hydrogen-bond donors (Lipinski definition) is 4. The Morgan fingerprint density at radius 2 is 1.70 bits per heavy atom. The molecule has 0 fully saturated rings. The van der Waals surface area contributed by atoms with Crippen molar-refractivity contribution < 1.29 is 43.2 Å². The lowest BCUT2D eigenvalue weighted by Crippen LogP contribution is -2.18. The van der Waals surface area contributed by atoms with Crippen LogP contribution in [0.2, 0.25) is 0 Å². The fourth-order valence-electron chi connectivity index (χ4n) is 4.21. The van der Waals surface area contributed by atoms with Crippen molar-refractivity contribution in [3.8, 4) is 17.2 Å². The molecule has 46 heavy (non-hydrogen) atoms. The predicted molar refractivity (Wildman–Crippen MR) is 173 cm³/mol. The highest BCUT2D eigenvalue weighted by Crippen LogP contribution is 2.35. The predicted octanol–water partition coefficient (Wildman–Crippen LogP) is 4.64. The van der Waals surface area contributed by atoms with Crippen molar-refractivity contribution >= 4 is 35.2 Å². The van der Waals surface area contributed by atoms with Crippen LogP contribution in [-0.2, 0) is 27.4 Å². The number of nitrogens with two attached hydrogens (primary N) is 1. The smallest absolute Gasteiger partial charge is 0.435 e. The number of hydrogen-bond acceptors (Lipinski definition) is 10. The van der Waals surface area contributed by atoms with E-state index in [1.165, 1.54) is 7.11 Å². The topological polar surface area (TPSA) is 180 Å². The molecule has 13 heteroatoms. The zero-order valence-corrected chi connectivity index (χ0v) is 26.5. The van der Waals surface area contributed by atoms with Gasteiger partial charge in [0.1, 0.15) is 11.6 Å². The first-order valence-electron chi connectivity index (χ1n) is 14.6. The van der Waals surface area contributed by atoms with E-state index in [9.17, 15) is 19.5 Å². The SMILES string of the molecule is CCOC(=O)COc1c(CNc2cc(OC)ccc2C(=O)Nc2ccc(/C(N)=N/C(=O)OCC)cc2)cc(CO)cc1OC(C)C. The molecule has 0 bridgehead atoms. The van der Waals surface area contributed by atoms with Crippen LogP contribution in [0, 0.1) is 0 Å². The molecular weight excluding hydrogens is 596 g/mol. The van der Waals surface area contributed by atoms with E-state index in [-0.39, 0.29) is 44.9 Å². The van der Waals surface area contributed by atoms with Crippen LogP contribution in [0.5, 0.6) is 17.2 Å². The number of aliphatic hydroxyl groups is 1. The lowest BCUT2D eigenvalue weighted by molar-refractivity contribution is -0.145. The van der Waals surface area contributed by atoms with Crippen molar-refractivity contribution in [2.75, 3.05) is 37.6 Å². The number of aliphatic imine (C=N–C) groups is 1. The monoisotopic (exact) mass is 636 g/mol. The summed E-state index contributed by atoms with van der Waals surface area (Å²) in [6, 6.07) is 14.8. The van der Waals surface area contributed by atoms with Crippen LogP contribution in [0.1, 0.15) is 54.7 Å². The molecule has 5 N–H and O–H groups in total. The molecule has 0 saturated heterocycles. The molecule has 0 aliphatic rings. The molecule has 0 radical (unpaired) electrons. The van der Waals surface area contributed by atoms with E-state index in [1.807, 2.05) is 13.8 Å². The first-order valence-corrected chi connectivity index (χ1v) is 14.6. The summed E-state index contributed by atoms with van der Waals surface area (Å²) in [6.07, 6.45) is -1.01. The summed E-state index contributed by atoms with van der Waals surface area (Å²) in [4.78, 5) is 40.8. The van der Waals surface area contributed by atoms with Gasteiger partial charge in [-0.1, -0.05) is 0 Å². The van der Waals surface area contributed by atoms with E-state index in [0.717, 1.165) is 0 Å². The average molecular weight is 637 g/mol. The molecule has 3 aromatic carbocycles. The van der Waals surface area contributed by atoms with E-state index in [4.69, 9.17) is 29.4 Å². The van der Waals surface area contributed by atoms with Gasteiger partial charge in [0.05, 0.1) is 44.3 Å². The van der Waals surface area contributed by atoms with Crippen LogP contribution in [0.4, 0.5) is 16.2 Å². The van der Waals surface area contributed by atoms with Crippen LogP contribution < -0.4 is 30.6 Å². The molecule has 0 unspecified atom stereocenters. The minimum atomic E-state index is -0.790. The molecule has 0 heterocycles. The summed E-state index contributed by atoms with van der Waals surface area (Å²) in [5.41, 5.74) is 8.72. The second-order valence-corrected chi connectivity index (χ2v) is 9.99. The summed E-state index contributed by atoms with van der Waals surface area (Å²) in [5, 5.41) is 16.0. The third-order valence-electron chi connectivity index (χ3n) is 6.24. The molecular formula is C33H40N4O9. The third kappa shape index (κ3) is 10.1. The number of amides is 2. The maximum Gasteiger partial charge on any atom is 0.435 e. The first-order chi connectivity index (χ1) is 22.1. The van der Waals surface area contributed by atoms with Gasteiger partial charge in [-0.3, -0.25) is 4.79 Å². The molecule has 0 aromatic heterocycles. The molecule has 3 rings (SSSR count). The molecule has 0 atom stereocenters. The zero-order valence-electron chi connectivity index (χ0n) is 26.5. The molecule has 0 aliphatic heterocycles. The second kappa shape index (κ2) is 17.3. The van der Waals surface area contributed by atoms with Gasteiger partial charge < -0.3 is 45.2 Å². The number of rotatable bonds is 15. The van der Waals surface area contributed by atoms with Gasteiger partial charge >= 0.3 is 12.1 Å². The highest BCUT2D eigenvalue weighted by Gasteiger charge is 2.19. The van der Waals surface area contributed by atoms with Gasteiger partial charge in [-0.2, -0.15) is 4.99 Å². The summed E-state index contributed by atoms with van der Waals surface area (Å²) < 4.78 is 27.0. The standard InChI is InChI=1S/C33H40N4O9/c1-6-43-29(39)19-45-30-23(14-21(18-38)15-28(30)46-20(3)4)17-35-27-16-25(42-5)12-13-26(27)32(40)36-24-10-8-22(9-11-24)31(34)37-33(41)44-7-2/h8-16,20,35,38H,6-7,17-19H2,1-5H3,(H,36,40)(H2,34,37,41). The number of carbonyl (C=O) groups is 3. The molecule has 0 saturated carbocycles. The Bertz CT molecular complexity index is 1540. The summed E-state index contributed by atoms with van der Waals surface area (Å²) in [5.74, 6) is 0.172. The Labute approximate surface area is 267 Å². The van der Waals surface area contributed by atoms with Gasteiger partial charge in [-0.25, -0.2) is 9.59 Å². The van der Waals surface area contributed by atoms with Crippen molar-refractivity contribution in [1.82, 2.24) is 0 Å². The highest BCUT2D eigenvalue weighted by molar-refractivity contribution is 6.08. The number of amidine groups is 1. The average Bonchev–Trinajstić information content (AvgIpc) is 3.03. The second-order valence-electron chi connectivity index (χ2n) is 9.99. The number of nitrogens with zero attached hydrogens (tertiary/aromatic N) is 1. The van der Waals surface area contributed by atoms with Crippen molar-refractivity contribution in [2.24, 2.45) is 10.7 Å². The number of carbonyl (C=O) groups excluding carboxylic acids is 3. The van der Waals surface area contributed by atoms with Gasteiger partial charge in [0.2, 0.25) is 0 Å². The Kier molecular flexibility index (Phi) is 13.2. The minimum absolute atomic E-state index is 0.0178. The normalized spacial score (nSPS) is 11.1. The first kappa shape index (κ1) is 35.2. The molecule has 13 nitrogen and oxygen atoms in total. The van der Waals surface area contributed by atoms with E-state index < -0.39 is 18.0 Å². The van der Waals surface area contributed by atoms with E-state index in [0.29, 0.717) is 50.9 Å². The van der Waals surface area contributed by atoms with Crippen LogP contribution in [0.3, 0.4) is 0 Å². The summed E-state index contributed by atoms with van der Waals surface area (Å²) >= 11 is 0. The van der Waals surface area contributed by atoms with Gasteiger partial charge in [-0.05, 0) is 81.8 Å². The van der Waals surface area contributed by atoms with Crippen LogP contribution in [0.25, 0.3) is 0 Å². The Balaban J connectivity index is 1.88. The maximum atomic E-state index is 13.4. The summed E-state index contributed by atoms with van der Waals surface area (Å²) in [6.45, 7) is 6.96. The fraction of sp³-hybridized carbons (Fsp3) is 0.333. The molecule has 0 spiro atoms. The van der Waals surface area contributed by atoms with Gasteiger partial charge in [-0.15, -0.1) is 0 Å². The fourth-order valence-corrected chi connectivity index (χ4v) is 4.21. The maximum absolute atomic E-state index is 13.4. The Hall–Kier alpha value is -5.30. The molecule has 2 amide bonds. The van der Waals surface area contributed by atoms with Crippen molar-refractivity contribution in [3.63, 3.8) is 0 Å². The van der Waals surface area contributed by atoms with E-state index in [1.54, 1.807) is 68.4 Å². The lowest BCUT2D eigenvalue weighted by Gasteiger charge is -2.20. The number of esters is 1. The van der Waals surface area contributed by atoms with Gasteiger partial charge in [0, 0.05) is 29.4 Å². The largest absolute Gasteiger partial charge is 0.497 e.